The molecule has 1 aliphatic rings. The van der Waals surface area contributed by atoms with Crippen LogP contribution in [0.25, 0.3) is 0 Å². The molecule has 0 amide bonds. The molecule has 312 valence electrons. The van der Waals surface area contributed by atoms with Crippen molar-refractivity contribution in [2.45, 2.75) is 142 Å². The standard InChI is InChI=1S/C50H64O6S2/c1-9-13-17-53-47-37-21-33(5)23-39(47)26-41-29-45(57-35(7)51)31-43(49(41)55-19-15-11-3)28-44-32-46(58-36(8)52)30-42(50(44)56-20-16-12-4)27-40-24-34(6)22-38(25-37)48(40)54-18-14-10-2/h21-24,29-32H,9-20,25-28H2,1-8H3. The monoisotopic (exact) mass is 824 g/mol. The van der Waals surface area contributed by atoms with Crippen LogP contribution in [0.15, 0.2) is 58.3 Å². The Bertz CT molecular complexity index is 1890. The van der Waals surface area contributed by atoms with E-state index < -0.39 is 0 Å². The molecule has 0 unspecified atom stereocenters. The first-order chi connectivity index (χ1) is 28.0. The average Bonchev–Trinajstić information content (AvgIpc) is 3.15. The first kappa shape index (κ1) is 45.2. The van der Waals surface area contributed by atoms with Crippen molar-refractivity contribution < 1.29 is 28.5 Å². The Morgan fingerprint density at radius 1 is 0.431 bits per heavy atom. The van der Waals surface area contributed by atoms with Gasteiger partial charge in [-0.05, 0) is 86.1 Å². The van der Waals surface area contributed by atoms with E-state index in [-0.39, 0.29) is 10.2 Å². The molecule has 6 nitrogen and oxygen atoms in total. The third-order valence-corrected chi connectivity index (χ3v) is 11.7. The van der Waals surface area contributed by atoms with Gasteiger partial charge in [-0.3, -0.25) is 9.59 Å². The molecule has 0 heterocycles. The van der Waals surface area contributed by atoms with Gasteiger partial charge in [-0.25, -0.2) is 0 Å². The Morgan fingerprint density at radius 3 is 0.862 bits per heavy atom. The van der Waals surface area contributed by atoms with E-state index in [0.717, 1.165) is 140 Å². The molecule has 4 aromatic carbocycles. The minimum absolute atomic E-state index is 0.0271. The summed E-state index contributed by atoms with van der Waals surface area (Å²) < 4.78 is 27.3. The van der Waals surface area contributed by atoms with Crippen molar-refractivity contribution in [1.29, 1.82) is 0 Å². The molecule has 5 rings (SSSR count). The summed E-state index contributed by atoms with van der Waals surface area (Å²) in [5, 5.41) is 0.0542. The van der Waals surface area contributed by atoms with Crippen LogP contribution < -0.4 is 18.9 Å². The molecule has 0 aliphatic heterocycles. The maximum absolute atomic E-state index is 12.7. The number of fused-ring (bicyclic) bond motifs is 8. The second-order valence-electron chi connectivity index (χ2n) is 15.7. The molecule has 0 saturated carbocycles. The summed E-state index contributed by atoms with van der Waals surface area (Å²) in [5.41, 5.74) is 10.8. The fourth-order valence-electron chi connectivity index (χ4n) is 7.64. The summed E-state index contributed by atoms with van der Waals surface area (Å²) in [6.45, 7) is 18.7. The van der Waals surface area contributed by atoms with Gasteiger partial charge in [0.15, 0.2) is 10.2 Å². The number of hydrogen-bond donors (Lipinski definition) is 0. The highest BCUT2D eigenvalue weighted by Crippen LogP contribution is 2.42. The van der Waals surface area contributed by atoms with Crippen molar-refractivity contribution in [2.24, 2.45) is 0 Å². The number of thioether (sulfide) groups is 2. The van der Waals surface area contributed by atoms with E-state index in [1.54, 1.807) is 13.8 Å². The zero-order valence-corrected chi connectivity index (χ0v) is 37.8. The molecule has 0 N–H and O–H groups in total. The number of carbonyl (C=O) groups excluding carboxylic acids is 2. The lowest BCUT2D eigenvalue weighted by molar-refractivity contribution is -0.109. The maximum Gasteiger partial charge on any atom is 0.190 e. The van der Waals surface area contributed by atoms with E-state index in [9.17, 15) is 9.59 Å². The highest BCUT2D eigenvalue weighted by atomic mass is 32.2. The van der Waals surface area contributed by atoms with Gasteiger partial charge in [-0.15, -0.1) is 0 Å². The third kappa shape index (κ3) is 12.6. The molecule has 0 spiro atoms. The normalized spacial score (nSPS) is 12.3. The van der Waals surface area contributed by atoms with E-state index in [1.165, 1.54) is 23.5 Å². The van der Waals surface area contributed by atoms with Crippen LogP contribution in [-0.4, -0.2) is 36.7 Å². The van der Waals surface area contributed by atoms with Gasteiger partial charge in [0.1, 0.15) is 23.0 Å². The zero-order chi connectivity index (χ0) is 41.6. The Kier molecular flexibility index (Phi) is 17.5. The number of rotatable bonds is 18. The van der Waals surface area contributed by atoms with Crippen molar-refractivity contribution in [1.82, 2.24) is 0 Å². The highest BCUT2D eigenvalue weighted by Gasteiger charge is 2.25. The summed E-state index contributed by atoms with van der Waals surface area (Å²) in [4.78, 5) is 27.2. The van der Waals surface area contributed by atoms with Crippen LogP contribution in [0.2, 0.25) is 0 Å². The lowest BCUT2D eigenvalue weighted by Crippen LogP contribution is -2.11. The smallest absolute Gasteiger partial charge is 0.190 e. The van der Waals surface area contributed by atoms with Crippen LogP contribution in [0, 0.1) is 13.8 Å². The van der Waals surface area contributed by atoms with Gasteiger partial charge in [0.05, 0.1) is 26.4 Å². The number of aryl methyl sites for hydroxylation is 2. The number of unbranched alkanes of at least 4 members (excludes halogenated alkanes) is 4. The molecule has 0 saturated heterocycles. The summed E-state index contributed by atoms with van der Waals surface area (Å²) >= 11 is 2.50. The third-order valence-electron chi connectivity index (χ3n) is 10.2. The fraction of sp³-hybridized carbons (Fsp3) is 0.480. The fourth-order valence-corrected chi connectivity index (χ4v) is 9.11. The lowest BCUT2D eigenvalue weighted by atomic mass is 9.89. The van der Waals surface area contributed by atoms with Crippen LogP contribution in [0.5, 0.6) is 23.0 Å². The minimum atomic E-state index is 0.0271. The van der Waals surface area contributed by atoms with Gasteiger partial charge >= 0.3 is 0 Å². The number of carbonyl (C=O) groups is 2. The molecule has 8 heteroatoms. The number of ether oxygens (including phenoxy) is 4. The zero-order valence-electron chi connectivity index (χ0n) is 36.2. The van der Waals surface area contributed by atoms with E-state index in [0.29, 0.717) is 52.1 Å². The Hall–Kier alpha value is -3.88. The Balaban J connectivity index is 1.88. The molecule has 1 aliphatic carbocycles. The van der Waals surface area contributed by atoms with Crippen LogP contribution >= 0.6 is 23.5 Å². The summed E-state index contributed by atoms with van der Waals surface area (Å²) in [6, 6.07) is 17.6. The molecule has 4 aromatic rings. The second kappa shape index (κ2) is 22.5. The van der Waals surface area contributed by atoms with E-state index >= 15 is 0 Å². The Labute approximate surface area is 356 Å². The van der Waals surface area contributed by atoms with Gasteiger partial charge in [-0.1, -0.05) is 112 Å². The Morgan fingerprint density at radius 2 is 0.655 bits per heavy atom. The van der Waals surface area contributed by atoms with Crippen LogP contribution in [0.1, 0.15) is 149 Å². The van der Waals surface area contributed by atoms with Gasteiger partial charge < -0.3 is 18.9 Å². The first-order valence-corrected chi connectivity index (χ1v) is 23.1. The van der Waals surface area contributed by atoms with E-state index in [1.807, 2.05) is 0 Å². The highest BCUT2D eigenvalue weighted by molar-refractivity contribution is 8.13. The molecule has 0 atom stereocenters. The molecule has 0 fully saturated rings. The summed E-state index contributed by atoms with van der Waals surface area (Å²) in [5.74, 6) is 3.52. The second-order valence-corrected chi connectivity index (χ2v) is 18.2. The topological polar surface area (TPSA) is 71.1 Å². The van der Waals surface area contributed by atoms with Crippen LogP contribution in [-0.2, 0) is 35.3 Å². The summed E-state index contributed by atoms with van der Waals surface area (Å²) in [6.07, 6.45) is 10.1. The molecule has 58 heavy (non-hydrogen) atoms. The van der Waals surface area contributed by atoms with Crippen molar-refractivity contribution >= 4 is 33.8 Å². The number of hydrogen-bond acceptors (Lipinski definition) is 8. The molecule has 0 aromatic heterocycles. The van der Waals surface area contributed by atoms with Gasteiger partial charge in [0.25, 0.3) is 0 Å². The number of benzene rings is 4. The maximum atomic E-state index is 12.7. The van der Waals surface area contributed by atoms with Gasteiger partial charge in [0, 0.05) is 71.6 Å². The van der Waals surface area contributed by atoms with E-state index in [2.05, 4.69) is 90.1 Å². The largest absolute Gasteiger partial charge is 0.493 e. The van der Waals surface area contributed by atoms with Crippen LogP contribution in [0.3, 0.4) is 0 Å². The summed E-state index contributed by atoms with van der Waals surface area (Å²) in [7, 11) is 0. The molecule has 0 radical (unpaired) electrons. The quantitative estimate of drug-likeness (QED) is 0.0639. The van der Waals surface area contributed by atoms with E-state index in [4.69, 9.17) is 18.9 Å². The molecule has 8 bridgehead atoms. The van der Waals surface area contributed by atoms with Crippen molar-refractivity contribution in [3.63, 3.8) is 0 Å². The van der Waals surface area contributed by atoms with Crippen molar-refractivity contribution in [3.05, 3.63) is 104 Å². The van der Waals surface area contributed by atoms with Gasteiger partial charge in [-0.2, -0.15) is 0 Å². The lowest BCUT2D eigenvalue weighted by Gasteiger charge is -2.24. The predicted octanol–water partition coefficient (Wildman–Crippen LogP) is 13.0. The predicted molar refractivity (Wildman–Crippen MR) is 241 cm³/mol. The van der Waals surface area contributed by atoms with Crippen molar-refractivity contribution in [2.75, 3.05) is 26.4 Å². The SMILES string of the molecule is CCCCOc1c2cc(C)cc1Cc1cc(SC(C)=O)cc(c1OCCCC)Cc1cc(SC(C)=O)cc(c1OCCCC)Cc1cc(C)cc(c1OCCCC)C2. The average molecular weight is 825 g/mol. The molecular formula is C50H64O6S2. The first-order valence-electron chi connectivity index (χ1n) is 21.5. The van der Waals surface area contributed by atoms with Crippen molar-refractivity contribution in [3.8, 4) is 23.0 Å². The van der Waals surface area contributed by atoms with Crippen LogP contribution in [0.4, 0.5) is 0 Å². The minimum Gasteiger partial charge on any atom is -0.493 e. The van der Waals surface area contributed by atoms with Gasteiger partial charge in [0.2, 0.25) is 0 Å². The molecular weight excluding hydrogens is 761 g/mol.